The number of allylic oxidation sites excluding steroid dienone is 2. The summed E-state index contributed by atoms with van der Waals surface area (Å²) in [5.74, 6) is -0.532. The van der Waals surface area contributed by atoms with Crippen LogP contribution in [-0.4, -0.2) is 17.1 Å². The van der Waals surface area contributed by atoms with Crippen molar-refractivity contribution in [1.82, 2.24) is 5.32 Å². The molecular weight excluding hydrogens is 322 g/mol. The van der Waals surface area contributed by atoms with Gasteiger partial charge in [0.1, 0.15) is 0 Å². The summed E-state index contributed by atoms with van der Waals surface area (Å²) in [4.78, 5) is 21.2. The first-order chi connectivity index (χ1) is 11.4. The van der Waals surface area contributed by atoms with Crippen LogP contribution in [0.1, 0.15) is 19.4 Å². The number of imide groups is 1. The molecule has 3 aliphatic rings. The molecule has 0 bridgehead atoms. The van der Waals surface area contributed by atoms with Crippen molar-refractivity contribution in [2.75, 3.05) is 11.5 Å². The Balaban J connectivity index is 0.000000162. The van der Waals surface area contributed by atoms with E-state index in [4.69, 9.17) is 11.5 Å². The van der Waals surface area contributed by atoms with Crippen LogP contribution < -0.4 is 16.8 Å². The SMILES string of the molecule is CC1=C(C)C(=O)NC1=O.Nc1cccc(C23C=CC=CC2S3)c1N. The molecule has 124 valence electrons. The number of carbonyl (C=O) groups excluding carboxylic acids is 2. The average Bonchev–Trinajstić information content (AvgIpc) is 3.27. The predicted molar refractivity (Wildman–Crippen MR) is 98.1 cm³/mol. The summed E-state index contributed by atoms with van der Waals surface area (Å²) in [6, 6.07) is 5.89. The van der Waals surface area contributed by atoms with Crippen molar-refractivity contribution in [3.8, 4) is 0 Å². The molecule has 24 heavy (non-hydrogen) atoms. The van der Waals surface area contributed by atoms with Crippen molar-refractivity contribution in [3.63, 3.8) is 0 Å². The normalized spacial score (nSPS) is 26.7. The number of nitrogen functional groups attached to an aromatic ring is 2. The summed E-state index contributed by atoms with van der Waals surface area (Å²) in [6.45, 7) is 3.27. The third kappa shape index (κ3) is 2.63. The van der Waals surface area contributed by atoms with Crippen LogP contribution in [-0.2, 0) is 14.3 Å². The van der Waals surface area contributed by atoms with Crippen molar-refractivity contribution in [2.45, 2.75) is 23.8 Å². The summed E-state index contributed by atoms with van der Waals surface area (Å²) >= 11 is 1.91. The summed E-state index contributed by atoms with van der Waals surface area (Å²) < 4.78 is 0.0637. The summed E-state index contributed by atoms with van der Waals surface area (Å²) in [6.07, 6.45) is 8.60. The number of hydrogen-bond donors (Lipinski definition) is 3. The lowest BCUT2D eigenvalue weighted by Crippen LogP contribution is -2.22. The first kappa shape index (κ1) is 16.4. The van der Waals surface area contributed by atoms with E-state index in [1.54, 1.807) is 13.8 Å². The van der Waals surface area contributed by atoms with Gasteiger partial charge in [-0.3, -0.25) is 14.9 Å². The molecule has 4 rings (SSSR count). The molecule has 2 aliphatic heterocycles. The molecule has 2 atom stereocenters. The molecule has 0 saturated carbocycles. The van der Waals surface area contributed by atoms with Gasteiger partial charge in [0.2, 0.25) is 0 Å². The summed E-state index contributed by atoms with van der Waals surface area (Å²) in [5.41, 5.74) is 15.5. The van der Waals surface area contributed by atoms with Gasteiger partial charge in [0.15, 0.2) is 0 Å². The maximum atomic E-state index is 10.6. The summed E-state index contributed by atoms with van der Waals surface area (Å²) in [7, 11) is 0. The third-order valence-electron chi connectivity index (χ3n) is 4.46. The number of nitrogens with two attached hydrogens (primary N) is 2. The Morgan fingerprint density at radius 1 is 1.08 bits per heavy atom. The van der Waals surface area contributed by atoms with Gasteiger partial charge >= 0.3 is 0 Å². The quantitative estimate of drug-likeness (QED) is 0.413. The number of amides is 2. The van der Waals surface area contributed by atoms with Gasteiger partial charge in [-0.2, -0.15) is 0 Å². The first-order valence-electron chi connectivity index (χ1n) is 7.58. The van der Waals surface area contributed by atoms with Crippen LogP contribution in [0.25, 0.3) is 0 Å². The summed E-state index contributed by atoms with van der Waals surface area (Å²) in [5, 5.41) is 2.70. The van der Waals surface area contributed by atoms with E-state index >= 15 is 0 Å². The first-order valence-corrected chi connectivity index (χ1v) is 8.46. The molecule has 6 heteroatoms. The van der Waals surface area contributed by atoms with Crippen LogP contribution in [0.2, 0.25) is 0 Å². The zero-order valence-electron chi connectivity index (χ0n) is 13.5. The van der Waals surface area contributed by atoms with Gasteiger partial charge < -0.3 is 11.5 Å². The van der Waals surface area contributed by atoms with Crippen LogP contribution in [0, 0.1) is 0 Å². The van der Waals surface area contributed by atoms with E-state index in [0.717, 1.165) is 11.3 Å². The second-order valence-corrected chi connectivity index (χ2v) is 7.34. The van der Waals surface area contributed by atoms with Gasteiger partial charge in [-0.25, -0.2) is 0 Å². The number of fused-ring (bicyclic) bond motifs is 1. The van der Waals surface area contributed by atoms with Crippen molar-refractivity contribution in [3.05, 3.63) is 59.2 Å². The molecule has 2 heterocycles. The monoisotopic (exact) mass is 341 g/mol. The maximum Gasteiger partial charge on any atom is 0.254 e. The Kier molecular flexibility index (Phi) is 4.01. The van der Waals surface area contributed by atoms with E-state index in [-0.39, 0.29) is 16.6 Å². The number of anilines is 2. The van der Waals surface area contributed by atoms with Crippen molar-refractivity contribution < 1.29 is 9.59 Å². The molecule has 0 spiro atoms. The van der Waals surface area contributed by atoms with Gasteiger partial charge in [-0.05, 0) is 25.5 Å². The second kappa shape index (κ2) is 5.87. The second-order valence-electron chi connectivity index (χ2n) is 5.92. The van der Waals surface area contributed by atoms with Crippen molar-refractivity contribution >= 4 is 35.0 Å². The van der Waals surface area contributed by atoms with Gasteiger partial charge in [-0.1, -0.05) is 36.4 Å². The Morgan fingerprint density at radius 3 is 2.29 bits per heavy atom. The lowest BCUT2D eigenvalue weighted by molar-refractivity contribution is -0.124. The molecule has 2 amide bonds. The highest BCUT2D eigenvalue weighted by Crippen LogP contribution is 2.65. The molecule has 5 nitrogen and oxygen atoms in total. The van der Waals surface area contributed by atoms with E-state index in [9.17, 15) is 9.59 Å². The van der Waals surface area contributed by atoms with Crippen molar-refractivity contribution in [2.24, 2.45) is 0 Å². The minimum atomic E-state index is -0.266. The van der Waals surface area contributed by atoms with E-state index in [1.807, 2.05) is 23.9 Å². The van der Waals surface area contributed by atoms with Gasteiger partial charge in [0.25, 0.3) is 11.8 Å². The van der Waals surface area contributed by atoms with Gasteiger partial charge in [0, 0.05) is 16.4 Å². The third-order valence-corrected chi connectivity index (χ3v) is 5.99. The molecule has 1 fully saturated rings. The Bertz CT molecular complexity index is 804. The predicted octanol–water partition coefficient (Wildman–Crippen LogP) is 2.27. The molecular formula is C18H19N3O2S. The smallest absolute Gasteiger partial charge is 0.254 e. The van der Waals surface area contributed by atoms with E-state index in [1.165, 1.54) is 0 Å². The van der Waals surface area contributed by atoms with Gasteiger partial charge in [0.05, 0.1) is 16.1 Å². The van der Waals surface area contributed by atoms with Crippen LogP contribution in [0.15, 0.2) is 53.6 Å². The topological polar surface area (TPSA) is 98.2 Å². The molecule has 0 radical (unpaired) electrons. The van der Waals surface area contributed by atoms with E-state index < -0.39 is 0 Å². The molecule has 1 aromatic rings. The number of hydrogen-bond acceptors (Lipinski definition) is 5. The number of para-hydroxylation sites is 1. The molecule has 1 saturated heterocycles. The zero-order chi connectivity index (χ0) is 17.5. The number of benzene rings is 1. The van der Waals surface area contributed by atoms with E-state index in [2.05, 4.69) is 35.7 Å². The highest BCUT2D eigenvalue weighted by atomic mass is 32.2. The number of nitrogens with one attached hydrogen (secondary N) is 1. The van der Waals surface area contributed by atoms with Gasteiger partial charge in [-0.15, -0.1) is 11.8 Å². The van der Waals surface area contributed by atoms with Crippen LogP contribution in [0.5, 0.6) is 0 Å². The molecule has 2 unspecified atom stereocenters. The molecule has 5 N–H and O–H groups in total. The Morgan fingerprint density at radius 2 is 1.75 bits per heavy atom. The van der Waals surface area contributed by atoms with Crippen LogP contribution >= 0.6 is 11.8 Å². The fourth-order valence-corrected chi connectivity index (χ4v) is 3.99. The zero-order valence-corrected chi connectivity index (χ0v) is 14.3. The Hall–Kier alpha value is -2.47. The lowest BCUT2D eigenvalue weighted by Gasteiger charge is -2.15. The van der Waals surface area contributed by atoms with Crippen LogP contribution in [0.3, 0.4) is 0 Å². The molecule has 0 aromatic heterocycles. The highest BCUT2D eigenvalue weighted by molar-refractivity contribution is 8.08. The highest BCUT2D eigenvalue weighted by Gasteiger charge is 2.55. The number of thioether (sulfide) groups is 1. The largest absolute Gasteiger partial charge is 0.397 e. The maximum absolute atomic E-state index is 10.6. The van der Waals surface area contributed by atoms with Crippen LogP contribution in [0.4, 0.5) is 11.4 Å². The van der Waals surface area contributed by atoms with E-state index in [0.29, 0.717) is 22.1 Å². The number of rotatable bonds is 1. The fourth-order valence-electron chi connectivity index (χ4n) is 2.72. The molecule has 1 aliphatic carbocycles. The fraction of sp³-hybridized carbons (Fsp3) is 0.222. The standard InChI is InChI=1S/C12H12N2S.C6H7NO2/c13-9-5-3-4-8(11(9)14)12-7-2-1-6-10(12)15-12;1-3-4(2)6(9)7-5(3)8/h1-7,10H,13-14H2;1-2H3,(H,7,8,9). The van der Waals surface area contributed by atoms with Crippen molar-refractivity contribution in [1.29, 1.82) is 0 Å². The number of carbonyl (C=O) groups is 2. The molecule has 1 aromatic carbocycles. The average molecular weight is 341 g/mol. The minimum Gasteiger partial charge on any atom is -0.397 e. The minimum absolute atomic E-state index is 0.0637. The lowest BCUT2D eigenvalue weighted by atomic mass is 9.91. The Labute approximate surface area is 144 Å².